The predicted molar refractivity (Wildman–Crippen MR) is 130 cm³/mol. The van der Waals surface area contributed by atoms with E-state index < -0.39 is 10.0 Å². The van der Waals surface area contributed by atoms with E-state index in [1.807, 2.05) is 49.4 Å². The number of nitrogens with one attached hydrogen (secondary N) is 1. The van der Waals surface area contributed by atoms with Crippen LogP contribution < -0.4 is 9.62 Å². The van der Waals surface area contributed by atoms with Crippen molar-refractivity contribution in [2.75, 3.05) is 35.8 Å². The van der Waals surface area contributed by atoms with Crippen molar-refractivity contribution < 1.29 is 8.42 Å². The van der Waals surface area contributed by atoms with Crippen molar-refractivity contribution in [3.8, 4) is 0 Å². The highest BCUT2D eigenvalue weighted by atomic mass is 35.5. The number of hydrogen-bond acceptors (Lipinski definition) is 4. The van der Waals surface area contributed by atoms with Crippen LogP contribution in [-0.4, -0.2) is 45.5 Å². The van der Waals surface area contributed by atoms with E-state index in [-0.39, 0.29) is 12.4 Å². The standard InChI is InChI=1S/C24H27N3O2S.ClH/c1-18-8-10-19(11-9-18)25-30(28,29)24-13-12-23(21-6-2-3-7-22(21)24)27-16-15-26-14-4-5-20(26)17-27;/h2-3,6-13,20,25H,4-5,14-17H2,1H3;1H. The van der Waals surface area contributed by atoms with Gasteiger partial charge in [0.05, 0.1) is 4.90 Å². The van der Waals surface area contributed by atoms with Crippen molar-refractivity contribution in [2.45, 2.75) is 30.7 Å². The van der Waals surface area contributed by atoms with Gasteiger partial charge in [0.25, 0.3) is 10.0 Å². The average molecular weight is 458 g/mol. The van der Waals surface area contributed by atoms with E-state index in [1.54, 1.807) is 18.2 Å². The molecular weight excluding hydrogens is 430 g/mol. The van der Waals surface area contributed by atoms with Crippen LogP contribution in [0.5, 0.6) is 0 Å². The lowest BCUT2D eigenvalue weighted by Crippen LogP contribution is -2.50. The van der Waals surface area contributed by atoms with Gasteiger partial charge in [-0.3, -0.25) is 9.62 Å². The molecule has 1 N–H and O–H groups in total. The SMILES string of the molecule is Cc1ccc(NS(=O)(=O)c2ccc(N3CCN4CCCC4C3)c3ccccc23)cc1.Cl. The van der Waals surface area contributed by atoms with Crippen LogP contribution in [0.4, 0.5) is 11.4 Å². The molecule has 2 heterocycles. The maximum Gasteiger partial charge on any atom is 0.262 e. The number of aryl methyl sites for hydroxylation is 1. The second-order valence-corrected chi connectivity index (χ2v) is 10.0. The first-order chi connectivity index (χ1) is 14.5. The molecule has 2 aliphatic heterocycles. The molecular formula is C24H28ClN3O2S. The second kappa shape index (κ2) is 8.69. The number of nitrogens with zero attached hydrogens (tertiary/aromatic N) is 2. The van der Waals surface area contributed by atoms with E-state index >= 15 is 0 Å². The highest BCUT2D eigenvalue weighted by Gasteiger charge is 2.31. The summed E-state index contributed by atoms with van der Waals surface area (Å²) in [5.41, 5.74) is 2.80. The van der Waals surface area contributed by atoms with E-state index in [4.69, 9.17) is 0 Å². The van der Waals surface area contributed by atoms with Crippen LogP contribution in [0.2, 0.25) is 0 Å². The molecule has 1 unspecified atom stereocenters. The Morgan fingerprint density at radius 3 is 2.42 bits per heavy atom. The smallest absolute Gasteiger partial charge is 0.262 e. The maximum absolute atomic E-state index is 13.2. The van der Waals surface area contributed by atoms with Gasteiger partial charge in [-0.2, -0.15) is 0 Å². The summed E-state index contributed by atoms with van der Waals surface area (Å²) in [4.78, 5) is 5.34. The van der Waals surface area contributed by atoms with Crippen molar-refractivity contribution in [1.82, 2.24) is 4.90 Å². The number of fused-ring (bicyclic) bond motifs is 2. The first kappa shape index (κ1) is 21.9. The molecule has 7 heteroatoms. The Kier molecular flexibility index (Phi) is 6.15. The van der Waals surface area contributed by atoms with Gasteiger partial charge in [-0.25, -0.2) is 8.42 Å². The van der Waals surface area contributed by atoms with Crippen LogP contribution in [0.1, 0.15) is 18.4 Å². The van der Waals surface area contributed by atoms with Crippen LogP contribution >= 0.6 is 12.4 Å². The monoisotopic (exact) mass is 457 g/mol. The minimum Gasteiger partial charge on any atom is -0.368 e. The lowest BCUT2D eigenvalue weighted by Gasteiger charge is -2.39. The summed E-state index contributed by atoms with van der Waals surface area (Å²) in [6.45, 7) is 6.26. The van der Waals surface area contributed by atoms with Gasteiger partial charge >= 0.3 is 0 Å². The Hall–Kier alpha value is -2.28. The molecule has 1 atom stereocenters. The molecule has 0 spiro atoms. The zero-order chi connectivity index (χ0) is 20.7. The zero-order valence-electron chi connectivity index (χ0n) is 17.6. The van der Waals surface area contributed by atoms with Gasteiger partial charge in [0.1, 0.15) is 0 Å². The molecule has 164 valence electrons. The number of hydrogen-bond donors (Lipinski definition) is 1. The fourth-order valence-electron chi connectivity index (χ4n) is 4.81. The van der Waals surface area contributed by atoms with Gasteiger partial charge in [-0.1, -0.05) is 42.0 Å². The molecule has 2 saturated heterocycles. The Labute approximate surface area is 190 Å². The lowest BCUT2D eigenvalue weighted by atomic mass is 10.1. The molecule has 2 fully saturated rings. The first-order valence-electron chi connectivity index (χ1n) is 10.6. The minimum absolute atomic E-state index is 0. The number of benzene rings is 3. The van der Waals surface area contributed by atoms with Crippen LogP contribution in [0.15, 0.2) is 65.6 Å². The molecule has 0 aliphatic carbocycles. The van der Waals surface area contributed by atoms with E-state index in [2.05, 4.69) is 14.5 Å². The topological polar surface area (TPSA) is 52.7 Å². The van der Waals surface area contributed by atoms with Crippen molar-refractivity contribution in [3.05, 3.63) is 66.2 Å². The quantitative estimate of drug-likeness (QED) is 0.619. The molecule has 0 amide bonds. The van der Waals surface area contributed by atoms with Crippen molar-refractivity contribution in [1.29, 1.82) is 0 Å². The van der Waals surface area contributed by atoms with Crippen LogP contribution in [0.3, 0.4) is 0 Å². The predicted octanol–water partition coefficient (Wildman–Crippen LogP) is 4.66. The summed E-state index contributed by atoms with van der Waals surface area (Å²) in [7, 11) is -3.69. The number of sulfonamides is 1. The third-order valence-electron chi connectivity index (χ3n) is 6.38. The highest BCUT2D eigenvalue weighted by molar-refractivity contribution is 7.93. The molecule has 31 heavy (non-hydrogen) atoms. The fraction of sp³-hybridized carbons (Fsp3) is 0.333. The molecule has 3 aromatic carbocycles. The summed E-state index contributed by atoms with van der Waals surface area (Å²) in [6, 6.07) is 19.6. The van der Waals surface area contributed by atoms with Gasteiger partial charge in [0.15, 0.2) is 0 Å². The molecule has 0 aromatic heterocycles. The first-order valence-corrected chi connectivity index (χ1v) is 12.1. The van der Waals surface area contributed by atoms with Crippen LogP contribution in [0, 0.1) is 6.92 Å². The van der Waals surface area contributed by atoms with Crippen LogP contribution in [0.25, 0.3) is 10.8 Å². The van der Waals surface area contributed by atoms with E-state index in [9.17, 15) is 8.42 Å². The molecule has 2 aliphatic rings. The average Bonchev–Trinajstić information content (AvgIpc) is 3.22. The van der Waals surface area contributed by atoms with Crippen LogP contribution in [-0.2, 0) is 10.0 Å². The molecule has 0 saturated carbocycles. The molecule has 5 rings (SSSR count). The third-order valence-corrected chi connectivity index (χ3v) is 7.82. The third kappa shape index (κ3) is 4.25. The Morgan fingerprint density at radius 1 is 0.903 bits per heavy atom. The van der Waals surface area contributed by atoms with Crippen molar-refractivity contribution in [3.63, 3.8) is 0 Å². The van der Waals surface area contributed by atoms with Crippen molar-refractivity contribution in [2.24, 2.45) is 0 Å². The largest absolute Gasteiger partial charge is 0.368 e. The van der Waals surface area contributed by atoms with E-state index in [1.165, 1.54) is 19.4 Å². The molecule has 0 radical (unpaired) electrons. The summed E-state index contributed by atoms with van der Waals surface area (Å²) in [5.74, 6) is 0. The molecule has 3 aromatic rings. The normalized spacial score (nSPS) is 19.1. The lowest BCUT2D eigenvalue weighted by molar-refractivity contribution is 0.231. The van der Waals surface area contributed by atoms with E-state index in [0.29, 0.717) is 16.6 Å². The summed E-state index contributed by atoms with van der Waals surface area (Å²) >= 11 is 0. The number of anilines is 2. The van der Waals surface area contributed by atoms with Gasteiger partial charge in [0, 0.05) is 47.8 Å². The van der Waals surface area contributed by atoms with Gasteiger partial charge in [-0.05, 0) is 50.6 Å². The maximum atomic E-state index is 13.2. The summed E-state index contributed by atoms with van der Waals surface area (Å²) in [5, 5.41) is 1.76. The van der Waals surface area contributed by atoms with Gasteiger partial charge in [-0.15, -0.1) is 12.4 Å². The van der Waals surface area contributed by atoms with Gasteiger partial charge in [0.2, 0.25) is 0 Å². The van der Waals surface area contributed by atoms with Gasteiger partial charge < -0.3 is 4.90 Å². The summed E-state index contributed by atoms with van der Waals surface area (Å²) in [6.07, 6.45) is 2.53. The second-order valence-electron chi connectivity index (χ2n) is 8.38. The summed E-state index contributed by atoms with van der Waals surface area (Å²) < 4.78 is 29.1. The van der Waals surface area contributed by atoms with E-state index in [0.717, 1.165) is 41.7 Å². The minimum atomic E-state index is -3.69. The number of rotatable bonds is 4. The zero-order valence-corrected chi connectivity index (χ0v) is 19.3. The number of piperazine rings is 1. The molecule has 5 nitrogen and oxygen atoms in total. The fourth-order valence-corrected chi connectivity index (χ4v) is 6.08. The van der Waals surface area contributed by atoms with Crippen molar-refractivity contribution >= 4 is 44.6 Å². The Morgan fingerprint density at radius 2 is 1.65 bits per heavy atom. The Balaban J connectivity index is 0.00000231. The number of halogens is 1. The Bertz CT molecular complexity index is 1180. The highest BCUT2D eigenvalue weighted by Crippen LogP contribution is 2.34. The molecule has 0 bridgehead atoms.